The smallest absolute Gasteiger partial charge is 0.253 e. The van der Waals surface area contributed by atoms with Gasteiger partial charge in [0.1, 0.15) is 0 Å². The van der Waals surface area contributed by atoms with Gasteiger partial charge in [0.05, 0.1) is 6.61 Å². The Bertz CT molecular complexity index is 1130. The van der Waals surface area contributed by atoms with Gasteiger partial charge < -0.3 is 15.3 Å². The summed E-state index contributed by atoms with van der Waals surface area (Å²) in [6.07, 6.45) is 1.91. The summed E-state index contributed by atoms with van der Waals surface area (Å²) >= 11 is 0. The Morgan fingerprint density at radius 3 is 2.22 bits per heavy atom. The molecule has 0 aliphatic heterocycles. The number of amides is 2. The van der Waals surface area contributed by atoms with Crippen molar-refractivity contribution in [1.82, 2.24) is 10.2 Å². The average molecular weight is 431 g/mol. The summed E-state index contributed by atoms with van der Waals surface area (Å²) in [4.78, 5) is 27.3. The van der Waals surface area contributed by atoms with Crippen LogP contribution in [0.15, 0.2) is 60.7 Å². The monoisotopic (exact) mass is 430 g/mol. The molecule has 1 aliphatic carbocycles. The molecule has 166 valence electrons. The predicted molar refractivity (Wildman–Crippen MR) is 128 cm³/mol. The van der Waals surface area contributed by atoms with Gasteiger partial charge in [-0.2, -0.15) is 0 Å². The summed E-state index contributed by atoms with van der Waals surface area (Å²) in [6.45, 7) is 5.94. The molecule has 0 heterocycles. The van der Waals surface area contributed by atoms with E-state index in [2.05, 4.69) is 5.32 Å². The first kappa shape index (κ1) is 22.0. The van der Waals surface area contributed by atoms with Crippen molar-refractivity contribution in [3.63, 3.8) is 0 Å². The molecule has 0 spiro atoms. The van der Waals surface area contributed by atoms with Crippen molar-refractivity contribution in [1.29, 1.82) is 0 Å². The molecule has 32 heavy (non-hydrogen) atoms. The second kappa shape index (κ2) is 9.13. The number of rotatable bonds is 8. The van der Waals surface area contributed by atoms with E-state index in [-0.39, 0.29) is 23.8 Å². The highest BCUT2D eigenvalue weighted by molar-refractivity contribution is 6.10. The average Bonchev–Trinajstić information content (AvgIpc) is 3.63. The zero-order valence-corrected chi connectivity index (χ0v) is 18.7. The van der Waals surface area contributed by atoms with Crippen LogP contribution in [0, 0.1) is 5.41 Å². The Balaban J connectivity index is 1.62. The van der Waals surface area contributed by atoms with E-state index in [0.29, 0.717) is 30.8 Å². The largest absolute Gasteiger partial charge is 0.396 e. The highest BCUT2D eigenvalue weighted by atomic mass is 16.3. The summed E-state index contributed by atoms with van der Waals surface area (Å²) in [5, 5.41) is 14.4. The van der Waals surface area contributed by atoms with Gasteiger partial charge in [0.2, 0.25) is 0 Å². The predicted octanol–water partition coefficient (Wildman–Crippen LogP) is 4.49. The topological polar surface area (TPSA) is 69.6 Å². The van der Waals surface area contributed by atoms with Gasteiger partial charge in [-0.3, -0.25) is 9.59 Å². The molecule has 5 nitrogen and oxygen atoms in total. The number of carbonyl (C=O) groups is 2. The van der Waals surface area contributed by atoms with E-state index in [9.17, 15) is 14.7 Å². The SMILES string of the molecule is CCN(CC)C(=O)c1ccc(-c2cccc3c(C(=O)NCC4(CO)CC4)cccc23)cc1. The number of nitrogens with zero attached hydrogens (tertiary/aromatic N) is 1. The van der Waals surface area contributed by atoms with Crippen LogP contribution in [0.1, 0.15) is 47.4 Å². The number of hydrogen-bond acceptors (Lipinski definition) is 3. The second-order valence-electron chi connectivity index (χ2n) is 8.60. The number of aliphatic hydroxyl groups is 1. The van der Waals surface area contributed by atoms with Crippen LogP contribution in [0.2, 0.25) is 0 Å². The first-order chi connectivity index (χ1) is 15.5. The van der Waals surface area contributed by atoms with Crippen molar-refractivity contribution in [2.24, 2.45) is 5.41 Å². The Hall–Kier alpha value is -3.18. The molecule has 1 aliphatic rings. The minimum atomic E-state index is -0.129. The van der Waals surface area contributed by atoms with Gasteiger partial charge in [-0.25, -0.2) is 0 Å². The second-order valence-corrected chi connectivity index (χ2v) is 8.60. The van der Waals surface area contributed by atoms with E-state index in [1.165, 1.54) is 0 Å². The Morgan fingerprint density at radius 2 is 1.59 bits per heavy atom. The number of nitrogens with one attached hydrogen (secondary N) is 1. The van der Waals surface area contributed by atoms with Gasteiger partial charge in [0.25, 0.3) is 11.8 Å². The zero-order valence-electron chi connectivity index (χ0n) is 18.7. The minimum absolute atomic E-state index is 0.0368. The molecular weight excluding hydrogens is 400 g/mol. The molecule has 5 heteroatoms. The van der Waals surface area contributed by atoms with E-state index in [1.807, 2.05) is 74.5 Å². The summed E-state index contributed by atoms with van der Waals surface area (Å²) < 4.78 is 0. The molecule has 0 unspecified atom stereocenters. The van der Waals surface area contributed by atoms with E-state index >= 15 is 0 Å². The van der Waals surface area contributed by atoms with E-state index in [0.717, 1.165) is 34.7 Å². The van der Waals surface area contributed by atoms with Crippen LogP contribution in [0.5, 0.6) is 0 Å². The third-order valence-electron chi connectivity index (χ3n) is 6.58. The summed E-state index contributed by atoms with van der Waals surface area (Å²) in [6, 6.07) is 19.4. The third kappa shape index (κ3) is 4.26. The molecular formula is C27H30N2O3. The molecule has 0 bridgehead atoms. The van der Waals surface area contributed by atoms with Gasteiger partial charge in [0.15, 0.2) is 0 Å². The van der Waals surface area contributed by atoms with Gasteiger partial charge in [-0.05, 0) is 66.8 Å². The standard InChI is InChI=1S/C27H30N2O3/c1-3-29(4-2)26(32)20-13-11-19(12-14-20)21-7-5-9-23-22(21)8-6-10-24(23)25(31)28-17-27(18-30)15-16-27/h5-14,30H,3-4,15-18H2,1-2H3,(H,28,31). The van der Waals surface area contributed by atoms with Crippen LogP contribution >= 0.6 is 0 Å². The number of benzene rings is 3. The Kier molecular flexibility index (Phi) is 6.28. The highest BCUT2D eigenvalue weighted by Crippen LogP contribution is 2.44. The molecule has 1 saturated carbocycles. The molecule has 3 aromatic rings. The van der Waals surface area contributed by atoms with Crippen LogP contribution in [0.25, 0.3) is 21.9 Å². The summed E-state index contributed by atoms with van der Waals surface area (Å²) in [5.41, 5.74) is 3.20. The van der Waals surface area contributed by atoms with Crippen LogP contribution < -0.4 is 5.32 Å². The van der Waals surface area contributed by atoms with Gasteiger partial charge in [-0.15, -0.1) is 0 Å². The van der Waals surface area contributed by atoms with Gasteiger partial charge >= 0.3 is 0 Å². The van der Waals surface area contributed by atoms with E-state index in [1.54, 1.807) is 4.90 Å². The van der Waals surface area contributed by atoms with Crippen molar-refractivity contribution >= 4 is 22.6 Å². The fourth-order valence-electron chi connectivity index (χ4n) is 4.18. The Morgan fingerprint density at radius 1 is 0.938 bits per heavy atom. The van der Waals surface area contributed by atoms with Crippen LogP contribution in [0.3, 0.4) is 0 Å². The number of aliphatic hydroxyl groups excluding tert-OH is 1. The first-order valence-corrected chi connectivity index (χ1v) is 11.3. The highest BCUT2D eigenvalue weighted by Gasteiger charge is 2.42. The van der Waals surface area contributed by atoms with Crippen molar-refractivity contribution < 1.29 is 14.7 Å². The van der Waals surface area contributed by atoms with Crippen molar-refractivity contribution in [3.05, 3.63) is 71.8 Å². The molecule has 3 aromatic carbocycles. The van der Waals surface area contributed by atoms with Crippen LogP contribution in [0.4, 0.5) is 0 Å². The first-order valence-electron chi connectivity index (χ1n) is 11.3. The maximum atomic E-state index is 12.9. The lowest BCUT2D eigenvalue weighted by molar-refractivity contribution is 0.0772. The molecule has 0 aromatic heterocycles. The van der Waals surface area contributed by atoms with Crippen LogP contribution in [-0.4, -0.2) is 48.1 Å². The fraction of sp³-hybridized carbons (Fsp3) is 0.333. The zero-order chi connectivity index (χ0) is 22.7. The molecule has 4 rings (SSSR count). The van der Waals surface area contributed by atoms with Crippen molar-refractivity contribution in [3.8, 4) is 11.1 Å². The minimum Gasteiger partial charge on any atom is -0.396 e. The fourth-order valence-corrected chi connectivity index (χ4v) is 4.18. The molecule has 2 amide bonds. The number of carbonyl (C=O) groups excluding carboxylic acids is 2. The molecule has 1 fully saturated rings. The number of hydrogen-bond donors (Lipinski definition) is 2. The maximum Gasteiger partial charge on any atom is 0.253 e. The van der Waals surface area contributed by atoms with Crippen LogP contribution in [-0.2, 0) is 0 Å². The Labute approximate surface area is 189 Å². The lowest BCUT2D eigenvalue weighted by atomic mass is 9.94. The van der Waals surface area contributed by atoms with Crippen molar-refractivity contribution in [2.75, 3.05) is 26.2 Å². The lowest BCUT2D eigenvalue weighted by Crippen LogP contribution is -2.31. The normalized spacial score (nSPS) is 14.2. The number of fused-ring (bicyclic) bond motifs is 1. The molecule has 0 atom stereocenters. The van der Waals surface area contributed by atoms with E-state index < -0.39 is 0 Å². The van der Waals surface area contributed by atoms with Crippen molar-refractivity contribution in [2.45, 2.75) is 26.7 Å². The van der Waals surface area contributed by atoms with Gasteiger partial charge in [-0.1, -0.05) is 42.5 Å². The molecule has 0 saturated heterocycles. The lowest BCUT2D eigenvalue weighted by Gasteiger charge is -2.18. The molecule has 2 N–H and O–H groups in total. The van der Waals surface area contributed by atoms with Gasteiger partial charge in [0, 0.05) is 36.2 Å². The maximum absolute atomic E-state index is 12.9. The molecule has 0 radical (unpaired) electrons. The van der Waals surface area contributed by atoms with E-state index in [4.69, 9.17) is 0 Å². The summed E-state index contributed by atoms with van der Waals surface area (Å²) in [7, 11) is 0. The summed E-state index contributed by atoms with van der Waals surface area (Å²) in [5.74, 6) is -0.0811. The quantitative estimate of drug-likeness (QED) is 0.553. The third-order valence-corrected chi connectivity index (χ3v) is 6.58.